The van der Waals surface area contributed by atoms with Gasteiger partial charge in [-0.05, 0) is 42.9 Å². The lowest BCUT2D eigenvalue weighted by atomic mass is 9.84. The van der Waals surface area contributed by atoms with Gasteiger partial charge in [-0.2, -0.15) is 0 Å². The average Bonchev–Trinajstić information content (AvgIpc) is 2.73. The minimum absolute atomic E-state index is 0.124. The van der Waals surface area contributed by atoms with E-state index in [-0.39, 0.29) is 11.9 Å². The molecular formula is C23H28N2O2. The molecule has 0 unspecified atom stereocenters. The largest absolute Gasteiger partial charge is 0.385 e. The molecule has 4 rings (SSSR count). The van der Waals surface area contributed by atoms with Gasteiger partial charge in [-0.1, -0.05) is 54.6 Å². The van der Waals surface area contributed by atoms with Crippen molar-refractivity contribution in [3.63, 3.8) is 0 Å². The van der Waals surface area contributed by atoms with Crippen LogP contribution in [0.4, 0.5) is 0 Å². The summed E-state index contributed by atoms with van der Waals surface area (Å²) in [5.41, 5.74) is 2.88. The van der Waals surface area contributed by atoms with Gasteiger partial charge < -0.3 is 10.0 Å². The summed E-state index contributed by atoms with van der Waals surface area (Å²) in [4.78, 5) is 17.3. The molecule has 1 saturated heterocycles. The molecule has 0 radical (unpaired) electrons. The lowest BCUT2D eigenvalue weighted by molar-refractivity contribution is -0.141. The van der Waals surface area contributed by atoms with Gasteiger partial charge in [-0.15, -0.1) is 0 Å². The summed E-state index contributed by atoms with van der Waals surface area (Å²) < 4.78 is 0. The SMILES string of the molecule is C[C@H](C(=O)N1CCC(O)(c2ccccc2)CC1)N1CCc2ccccc2C1. The zero-order chi connectivity index (χ0) is 18.9. The summed E-state index contributed by atoms with van der Waals surface area (Å²) >= 11 is 0. The molecule has 2 aromatic rings. The van der Waals surface area contributed by atoms with E-state index in [2.05, 4.69) is 29.2 Å². The van der Waals surface area contributed by atoms with Crippen molar-refractivity contribution in [2.75, 3.05) is 19.6 Å². The van der Waals surface area contributed by atoms with Crippen LogP contribution in [0.3, 0.4) is 0 Å². The van der Waals surface area contributed by atoms with Crippen molar-refractivity contribution >= 4 is 5.91 Å². The number of fused-ring (bicyclic) bond motifs is 1. The molecule has 1 N–H and O–H groups in total. The Hall–Kier alpha value is -2.17. The molecule has 0 saturated carbocycles. The van der Waals surface area contributed by atoms with Gasteiger partial charge in [0.25, 0.3) is 0 Å². The number of amides is 1. The molecule has 4 nitrogen and oxygen atoms in total. The monoisotopic (exact) mass is 364 g/mol. The number of likely N-dealkylation sites (tertiary alicyclic amines) is 1. The van der Waals surface area contributed by atoms with E-state index in [1.807, 2.05) is 42.2 Å². The number of nitrogens with zero attached hydrogens (tertiary/aromatic N) is 2. The van der Waals surface area contributed by atoms with Crippen molar-refractivity contribution in [3.8, 4) is 0 Å². The van der Waals surface area contributed by atoms with E-state index in [0.29, 0.717) is 25.9 Å². The topological polar surface area (TPSA) is 43.8 Å². The first-order valence-corrected chi connectivity index (χ1v) is 9.94. The summed E-state index contributed by atoms with van der Waals surface area (Å²) in [5, 5.41) is 11.0. The van der Waals surface area contributed by atoms with Crippen LogP contribution in [0.25, 0.3) is 0 Å². The fourth-order valence-corrected chi connectivity index (χ4v) is 4.40. The first kappa shape index (κ1) is 18.2. The number of piperidine rings is 1. The predicted octanol–water partition coefficient (Wildman–Crippen LogP) is 2.94. The molecule has 2 aliphatic heterocycles. The summed E-state index contributed by atoms with van der Waals surface area (Å²) in [6.07, 6.45) is 2.19. The number of rotatable bonds is 3. The van der Waals surface area contributed by atoms with Crippen LogP contribution in [0.1, 0.15) is 36.5 Å². The van der Waals surface area contributed by atoms with E-state index in [0.717, 1.165) is 25.1 Å². The van der Waals surface area contributed by atoms with Crippen LogP contribution >= 0.6 is 0 Å². The zero-order valence-electron chi connectivity index (χ0n) is 16.0. The average molecular weight is 364 g/mol. The smallest absolute Gasteiger partial charge is 0.239 e. The fourth-order valence-electron chi connectivity index (χ4n) is 4.40. The maximum atomic E-state index is 13.1. The van der Waals surface area contributed by atoms with E-state index in [9.17, 15) is 9.90 Å². The quantitative estimate of drug-likeness (QED) is 0.911. The van der Waals surface area contributed by atoms with Crippen LogP contribution in [0, 0.1) is 0 Å². The molecule has 0 aromatic heterocycles. The lowest BCUT2D eigenvalue weighted by Gasteiger charge is -2.41. The van der Waals surface area contributed by atoms with Crippen LogP contribution in [0.15, 0.2) is 54.6 Å². The Kier molecular flexibility index (Phi) is 5.02. The predicted molar refractivity (Wildman–Crippen MR) is 106 cm³/mol. The highest BCUT2D eigenvalue weighted by Crippen LogP contribution is 2.33. The molecule has 4 heteroatoms. The van der Waals surface area contributed by atoms with Gasteiger partial charge in [-0.3, -0.25) is 9.69 Å². The van der Waals surface area contributed by atoms with Crippen LogP contribution in [-0.4, -0.2) is 46.5 Å². The van der Waals surface area contributed by atoms with Crippen molar-refractivity contribution in [1.29, 1.82) is 0 Å². The summed E-state index contributed by atoms with van der Waals surface area (Å²) in [6.45, 7) is 5.00. The summed E-state index contributed by atoms with van der Waals surface area (Å²) in [5.74, 6) is 0.185. The molecule has 27 heavy (non-hydrogen) atoms. The molecule has 1 atom stereocenters. The highest BCUT2D eigenvalue weighted by Gasteiger charge is 2.37. The third-order valence-corrected chi connectivity index (χ3v) is 6.28. The molecular weight excluding hydrogens is 336 g/mol. The standard InChI is InChI=1S/C23H28N2O2/c1-18(25-14-11-19-7-5-6-8-20(19)17-25)22(26)24-15-12-23(27,13-16-24)21-9-3-2-4-10-21/h2-10,18,27H,11-17H2,1H3/t18-/m1/s1. The normalized spacial score (nSPS) is 20.7. The number of hydrogen-bond donors (Lipinski definition) is 1. The molecule has 0 bridgehead atoms. The Morgan fingerprint density at radius 2 is 1.59 bits per heavy atom. The third-order valence-electron chi connectivity index (χ3n) is 6.28. The number of carbonyl (C=O) groups excluding carboxylic acids is 1. The Labute approximate surface area is 161 Å². The number of benzene rings is 2. The van der Waals surface area contributed by atoms with Gasteiger partial charge in [-0.25, -0.2) is 0 Å². The molecule has 0 spiro atoms. The summed E-state index contributed by atoms with van der Waals surface area (Å²) in [6, 6.07) is 18.2. The zero-order valence-corrected chi connectivity index (χ0v) is 16.0. The maximum Gasteiger partial charge on any atom is 0.239 e. The molecule has 2 heterocycles. The van der Waals surface area contributed by atoms with Gasteiger partial charge in [0.2, 0.25) is 5.91 Å². The van der Waals surface area contributed by atoms with Gasteiger partial charge in [0.05, 0.1) is 11.6 Å². The van der Waals surface area contributed by atoms with E-state index in [1.165, 1.54) is 11.1 Å². The lowest BCUT2D eigenvalue weighted by Crippen LogP contribution is -2.52. The highest BCUT2D eigenvalue weighted by molar-refractivity contribution is 5.81. The summed E-state index contributed by atoms with van der Waals surface area (Å²) in [7, 11) is 0. The van der Waals surface area contributed by atoms with Gasteiger partial charge in [0.15, 0.2) is 0 Å². The minimum atomic E-state index is -0.814. The van der Waals surface area contributed by atoms with Crippen LogP contribution in [-0.2, 0) is 23.4 Å². The Morgan fingerprint density at radius 3 is 2.30 bits per heavy atom. The van der Waals surface area contributed by atoms with Crippen molar-refractivity contribution < 1.29 is 9.90 Å². The van der Waals surface area contributed by atoms with Crippen LogP contribution < -0.4 is 0 Å². The fraction of sp³-hybridized carbons (Fsp3) is 0.435. The van der Waals surface area contributed by atoms with Gasteiger partial charge in [0, 0.05) is 26.2 Å². The number of hydrogen-bond acceptors (Lipinski definition) is 3. The first-order valence-electron chi connectivity index (χ1n) is 9.94. The van der Waals surface area contributed by atoms with Gasteiger partial charge in [0.1, 0.15) is 0 Å². The van der Waals surface area contributed by atoms with Gasteiger partial charge >= 0.3 is 0 Å². The molecule has 142 valence electrons. The molecule has 2 aliphatic rings. The van der Waals surface area contributed by atoms with Crippen LogP contribution in [0.2, 0.25) is 0 Å². The van der Waals surface area contributed by atoms with Crippen molar-refractivity contribution in [1.82, 2.24) is 9.80 Å². The Morgan fingerprint density at radius 1 is 0.963 bits per heavy atom. The Bertz CT molecular complexity index is 797. The van der Waals surface area contributed by atoms with Crippen LogP contribution in [0.5, 0.6) is 0 Å². The molecule has 1 fully saturated rings. The maximum absolute atomic E-state index is 13.1. The van der Waals surface area contributed by atoms with Crippen molar-refractivity contribution in [2.45, 2.75) is 44.4 Å². The van der Waals surface area contributed by atoms with Crippen molar-refractivity contribution in [2.24, 2.45) is 0 Å². The first-order chi connectivity index (χ1) is 13.1. The molecule has 2 aromatic carbocycles. The molecule has 1 amide bonds. The molecule has 0 aliphatic carbocycles. The third kappa shape index (κ3) is 3.64. The van der Waals surface area contributed by atoms with E-state index >= 15 is 0 Å². The highest BCUT2D eigenvalue weighted by atomic mass is 16.3. The minimum Gasteiger partial charge on any atom is -0.385 e. The van der Waals surface area contributed by atoms with Crippen molar-refractivity contribution in [3.05, 3.63) is 71.3 Å². The van der Waals surface area contributed by atoms with E-state index in [1.54, 1.807) is 0 Å². The second-order valence-corrected chi connectivity index (χ2v) is 7.89. The second kappa shape index (κ2) is 7.45. The number of aliphatic hydroxyl groups is 1. The Balaban J connectivity index is 1.38. The second-order valence-electron chi connectivity index (χ2n) is 7.89. The van der Waals surface area contributed by atoms with E-state index < -0.39 is 5.60 Å². The number of carbonyl (C=O) groups is 1. The van der Waals surface area contributed by atoms with E-state index in [4.69, 9.17) is 0 Å².